The molecule has 1 aromatic rings. The minimum atomic E-state index is 0.0225. The fourth-order valence-electron chi connectivity index (χ4n) is 3.13. The average molecular weight is 278 g/mol. The Morgan fingerprint density at radius 2 is 1.70 bits per heavy atom. The predicted molar refractivity (Wildman–Crippen MR) is 80.6 cm³/mol. The van der Waals surface area contributed by atoms with Crippen molar-refractivity contribution in [3.8, 4) is 0 Å². The van der Waals surface area contributed by atoms with Gasteiger partial charge in [-0.25, -0.2) is 0 Å². The summed E-state index contributed by atoms with van der Waals surface area (Å²) in [6.45, 7) is 3.96. The normalized spacial score (nSPS) is 26.6. The van der Waals surface area contributed by atoms with E-state index >= 15 is 0 Å². The molecule has 0 aromatic heterocycles. The lowest BCUT2D eigenvalue weighted by Gasteiger charge is -2.32. The van der Waals surface area contributed by atoms with Crippen LogP contribution in [0.3, 0.4) is 0 Å². The zero-order chi connectivity index (χ0) is 14.5. The van der Waals surface area contributed by atoms with Crippen molar-refractivity contribution < 1.29 is 9.47 Å². The van der Waals surface area contributed by atoms with Gasteiger partial charge in [0.2, 0.25) is 0 Å². The fraction of sp³-hybridized carbons (Fsp3) is 0.625. The highest BCUT2D eigenvalue weighted by Crippen LogP contribution is 2.26. The van der Waals surface area contributed by atoms with E-state index < -0.39 is 0 Å². The molecule has 1 aliphatic rings. The van der Waals surface area contributed by atoms with Gasteiger partial charge in [0.15, 0.2) is 0 Å². The van der Waals surface area contributed by atoms with Crippen LogP contribution in [0.2, 0.25) is 0 Å². The predicted octanol–water partition coefficient (Wildman–Crippen LogP) is 1.81. The summed E-state index contributed by atoms with van der Waals surface area (Å²) in [5.74, 6) is 0. The second-order valence-electron chi connectivity index (χ2n) is 5.41. The number of benzene rings is 1. The van der Waals surface area contributed by atoms with Crippen molar-refractivity contribution in [2.24, 2.45) is 5.73 Å². The first-order valence-electron chi connectivity index (χ1n) is 7.31. The zero-order valence-electron chi connectivity index (χ0n) is 12.7. The Morgan fingerprint density at radius 3 is 2.15 bits per heavy atom. The third-order valence-corrected chi connectivity index (χ3v) is 4.34. The van der Waals surface area contributed by atoms with Crippen molar-refractivity contribution in [2.45, 2.75) is 37.6 Å². The number of nitrogens with two attached hydrogens (primary N) is 1. The number of hydrogen-bond acceptors (Lipinski definition) is 4. The second kappa shape index (κ2) is 7.18. The molecule has 2 rings (SSSR count). The topological polar surface area (TPSA) is 47.7 Å². The van der Waals surface area contributed by atoms with Gasteiger partial charge in [-0.05, 0) is 12.0 Å². The Morgan fingerprint density at radius 1 is 1.15 bits per heavy atom. The minimum Gasteiger partial charge on any atom is -0.377 e. The number of methoxy groups -OCH3 is 2. The number of rotatable bonds is 6. The van der Waals surface area contributed by atoms with E-state index in [9.17, 15) is 0 Å². The lowest BCUT2D eigenvalue weighted by molar-refractivity contribution is -0.00461. The molecule has 0 saturated carbocycles. The second-order valence-corrected chi connectivity index (χ2v) is 5.41. The van der Waals surface area contributed by atoms with Crippen LogP contribution < -0.4 is 5.73 Å². The van der Waals surface area contributed by atoms with E-state index in [1.54, 1.807) is 14.2 Å². The third kappa shape index (κ3) is 3.20. The third-order valence-electron chi connectivity index (χ3n) is 4.34. The molecular weight excluding hydrogens is 252 g/mol. The lowest BCUT2D eigenvalue weighted by atomic mass is 9.97. The molecule has 1 saturated heterocycles. The van der Waals surface area contributed by atoms with E-state index in [4.69, 9.17) is 15.2 Å². The maximum atomic E-state index is 6.48. The number of hydrogen-bond donors (Lipinski definition) is 1. The molecule has 0 aliphatic carbocycles. The van der Waals surface area contributed by atoms with Crippen LogP contribution in [0, 0.1) is 0 Å². The highest BCUT2D eigenvalue weighted by Gasteiger charge is 2.37. The van der Waals surface area contributed by atoms with Crippen LogP contribution in [0.25, 0.3) is 0 Å². The van der Waals surface area contributed by atoms with Gasteiger partial charge in [-0.1, -0.05) is 37.3 Å². The number of nitrogens with zero attached hydrogens (tertiary/aromatic N) is 1. The van der Waals surface area contributed by atoms with E-state index in [0.29, 0.717) is 6.04 Å². The van der Waals surface area contributed by atoms with Gasteiger partial charge >= 0.3 is 0 Å². The summed E-state index contributed by atoms with van der Waals surface area (Å²) in [6, 6.07) is 10.7. The maximum absolute atomic E-state index is 6.48. The van der Waals surface area contributed by atoms with Gasteiger partial charge in [0.1, 0.15) is 0 Å². The van der Waals surface area contributed by atoms with Crippen LogP contribution in [-0.2, 0) is 9.47 Å². The number of ether oxygens (including phenoxy) is 2. The largest absolute Gasteiger partial charge is 0.377 e. The Labute approximate surface area is 121 Å². The highest BCUT2D eigenvalue weighted by molar-refractivity contribution is 5.20. The average Bonchev–Trinajstić information content (AvgIpc) is 2.92. The summed E-state index contributed by atoms with van der Waals surface area (Å²) < 4.78 is 11.0. The quantitative estimate of drug-likeness (QED) is 0.862. The first kappa shape index (κ1) is 15.4. The summed E-state index contributed by atoms with van der Waals surface area (Å²) in [4.78, 5) is 2.40. The van der Waals surface area contributed by atoms with Crippen LogP contribution in [0.4, 0.5) is 0 Å². The molecule has 1 aliphatic heterocycles. The molecule has 4 unspecified atom stereocenters. The van der Waals surface area contributed by atoms with E-state index in [-0.39, 0.29) is 18.2 Å². The molecule has 0 amide bonds. The van der Waals surface area contributed by atoms with Gasteiger partial charge in [-0.2, -0.15) is 0 Å². The van der Waals surface area contributed by atoms with Crippen LogP contribution in [-0.4, -0.2) is 50.5 Å². The summed E-state index contributed by atoms with van der Waals surface area (Å²) in [5.41, 5.74) is 7.67. The molecule has 1 heterocycles. The molecular formula is C16H26N2O2. The molecule has 4 nitrogen and oxygen atoms in total. The Bertz CT molecular complexity index is 387. The molecule has 0 radical (unpaired) electrons. The van der Waals surface area contributed by atoms with Gasteiger partial charge in [0, 0.05) is 39.4 Å². The molecule has 4 heteroatoms. The van der Waals surface area contributed by atoms with Crippen LogP contribution in [0.5, 0.6) is 0 Å². The summed E-state index contributed by atoms with van der Waals surface area (Å²) in [5, 5.41) is 0. The zero-order valence-corrected chi connectivity index (χ0v) is 12.7. The molecule has 112 valence electrons. The van der Waals surface area contributed by atoms with E-state index in [0.717, 1.165) is 19.5 Å². The van der Waals surface area contributed by atoms with Gasteiger partial charge in [0.05, 0.1) is 12.2 Å². The van der Waals surface area contributed by atoms with Crippen molar-refractivity contribution in [1.82, 2.24) is 4.90 Å². The van der Waals surface area contributed by atoms with Gasteiger partial charge < -0.3 is 15.2 Å². The van der Waals surface area contributed by atoms with Crippen molar-refractivity contribution in [2.75, 3.05) is 27.3 Å². The van der Waals surface area contributed by atoms with Crippen molar-refractivity contribution in [1.29, 1.82) is 0 Å². The fourth-order valence-corrected chi connectivity index (χ4v) is 3.13. The Hall–Kier alpha value is -0.940. The smallest absolute Gasteiger partial charge is 0.0971 e. The SMILES string of the molecule is CCC(C(N)c1ccccc1)N1CC(OC)C(OC)C1. The van der Waals surface area contributed by atoms with Gasteiger partial charge in [-0.15, -0.1) is 0 Å². The van der Waals surface area contributed by atoms with E-state index in [1.165, 1.54) is 5.56 Å². The van der Waals surface area contributed by atoms with E-state index in [2.05, 4.69) is 24.0 Å². The van der Waals surface area contributed by atoms with E-state index in [1.807, 2.05) is 18.2 Å². The Balaban J connectivity index is 2.09. The summed E-state index contributed by atoms with van der Waals surface area (Å²) in [6.07, 6.45) is 1.29. The molecule has 1 fully saturated rings. The van der Waals surface area contributed by atoms with Crippen LogP contribution in [0.1, 0.15) is 24.9 Å². The first-order valence-corrected chi connectivity index (χ1v) is 7.31. The molecule has 1 aromatic carbocycles. The monoisotopic (exact) mass is 278 g/mol. The van der Waals surface area contributed by atoms with Crippen molar-refractivity contribution >= 4 is 0 Å². The minimum absolute atomic E-state index is 0.0225. The van der Waals surface area contributed by atoms with Crippen molar-refractivity contribution in [3.05, 3.63) is 35.9 Å². The maximum Gasteiger partial charge on any atom is 0.0971 e. The van der Waals surface area contributed by atoms with Gasteiger partial charge in [-0.3, -0.25) is 4.90 Å². The number of likely N-dealkylation sites (tertiary alicyclic amines) is 1. The summed E-state index contributed by atoms with van der Waals surface area (Å²) >= 11 is 0. The lowest BCUT2D eigenvalue weighted by Crippen LogP contribution is -2.42. The standard InChI is InChI=1S/C16H26N2O2/c1-4-13(16(17)12-8-6-5-7-9-12)18-10-14(19-2)15(11-18)20-3/h5-9,13-16H,4,10-11,17H2,1-3H3. The van der Waals surface area contributed by atoms with Crippen LogP contribution in [0.15, 0.2) is 30.3 Å². The molecule has 2 N–H and O–H groups in total. The summed E-state index contributed by atoms with van der Waals surface area (Å²) in [7, 11) is 3.50. The molecule has 0 spiro atoms. The Kier molecular flexibility index (Phi) is 5.54. The van der Waals surface area contributed by atoms with Crippen molar-refractivity contribution in [3.63, 3.8) is 0 Å². The van der Waals surface area contributed by atoms with Crippen LogP contribution >= 0.6 is 0 Å². The highest BCUT2D eigenvalue weighted by atomic mass is 16.5. The molecule has 4 atom stereocenters. The van der Waals surface area contributed by atoms with Gasteiger partial charge in [0.25, 0.3) is 0 Å². The molecule has 0 bridgehead atoms. The molecule has 20 heavy (non-hydrogen) atoms. The first-order chi connectivity index (χ1) is 9.71.